The molecule has 3 heteroatoms. The van der Waals surface area contributed by atoms with Gasteiger partial charge in [-0.2, -0.15) is 0 Å². The monoisotopic (exact) mass is 322 g/mol. The molecule has 126 valence electrons. The third-order valence-corrected chi connectivity index (χ3v) is 5.41. The second kappa shape index (κ2) is 6.94. The van der Waals surface area contributed by atoms with Crippen molar-refractivity contribution in [2.45, 2.75) is 38.1 Å². The Hall–Kier alpha value is -1.87. The molecule has 1 saturated carbocycles. The van der Waals surface area contributed by atoms with E-state index in [1.165, 1.54) is 29.2 Å². The highest BCUT2D eigenvalue weighted by Crippen LogP contribution is 2.23. The fraction of sp³-hybridized carbons (Fsp3) is 0.476. The molecular weight excluding hydrogens is 296 g/mol. The predicted molar refractivity (Wildman–Crippen MR) is 98.0 cm³/mol. The van der Waals surface area contributed by atoms with Crippen molar-refractivity contribution in [1.29, 1.82) is 0 Å². The molecule has 0 aromatic heterocycles. The summed E-state index contributed by atoms with van der Waals surface area (Å²) in [5.74, 6) is 0.536. The van der Waals surface area contributed by atoms with Crippen molar-refractivity contribution in [3.05, 3.63) is 48.0 Å². The van der Waals surface area contributed by atoms with E-state index in [-0.39, 0.29) is 5.92 Å². The van der Waals surface area contributed by atoms with Crippen LogP contribution in [0.25, 0.3) is 10.8 Å². The third-order valence-electron chi connectivity index (χ3n) is 5.41. The lowest BCUT2D eigenvalue weighted by atomic mass is 9.95. The number of fused-ring (bicyclic) bond motifs is 1. The third kappa shape index (κ3) is 3.78. The number of carbonyl (C=O) groups is 1. The van der Waals surface area contributed by atoms with Gasteiger partial charge in [-0.15, -0.1) is 0 Å². The van der Waals surface area contributed by atoms with Gasteiger partial charge >= 0.3 is 0 Å². The van der Waals surface area contributed by atoms with E-state index in [0.29, 0.717) is 11.9 Å². The Morgan fingerprint density at radius 2 is 1.75 bits per heavy atom. The molecule has 1 amide bonds. The molecule has 0 atom stereocenters. The number of carbonyl (C=O) groups excluding carboxylic acids is 1. The Kier molecular flexibility index (Phi) is 4.52. The quantitative estimate of drug-likeness (QED) is 0.915. The van der Waals surface area contributed by atoms with Gasteiger partial charge in [-0.3, -0.25) is 4.79 Å². The zero-order valence-electron chi connectivity index (χ0n) is 14.2. The molecule has 0 unspecified atom stereocenters. The number of rotatable bonds is 5. The average molecular weight is 322 g/mol. The zero-order chi connectivity index (χ0) is 16.4. The van der Waals surface area contributed by atoms with Crippen LogP contribution in [0, 0.1) is 5.92 Å². The topological polar surface area (TPSA) is 32.3 Å². The molecule has 1 saturated heterocycles. The van der Waals surface area contributed by atoms with Crippen LogP contribution in [-0.2, 0) is 11.2 Å². The molecule has 0 spiro atoms. The number of hydrogen-bond donors (Lipinski definition) is 1. The fourth-order valence-corrected chi connectivity index (χ4v) is 3.65. The van der Waals surface area contributed by atoms with Crippen LogP contribution in [0.1, 0.15) is 31.2 Å². The van der Waals surface area contributed by atoms with E-state index in [2.05, 4.69) is 52.7 Å². The Morgan fingerprint density at radius 1 is 1.00 bits per heavy atom. The SMILES string of the molecule is O=C(NC1CC1)C1CCN(CCc2ccc3ccccc3c2)CC1. The molecule has 3 nitrogen and oxygen atoms in total. The fourth-order valence-electron chi connectivity index (χ4n) is 3.65. The summed E-state index contributed by atoms with van der Waals surface area (Å²) in [6.45, 7) is 3.20. The number of piperidine rings is 1. The van der Waals surface area contributed by atoms with Gasteiger partial charge in [0.25, 0.3) is 0 Å². The number of amides is 1. The van der Waals surface area contributed by atoms with Gasteiger partial charge in [0.1, 0.15) is 0 Å². The summed E-state index contributed by atoms with van der Waals surface area (Å²) in [7, 11) is 0. The first-order valence-corrected chi connectivity index (χ1v) is 9.28. The van der Waals surface area contributed by atoms with Crippen molar-refractivity contribution in [1.82, 2.24) is 10.2 Å². The van der Waals surface area contributed by atoms with E-state index in [9.17, 15) is 4.79 Å². The maximum absolute atomic E-state index is 12.1. The summed E-state index contributed by atoms with van der Waals surface area (Å²) in [5.41, 5.74) is 1.40. The van der Waals surface area contributed by atoms with E-state index >= 15 is 0 Å². The molecule has 1 aliphatic heterocycles. The van der Waals surface area contributed by atoms with Gasteiger partial charge in [0.15, 0.2) is 0 Å². The largest absolute Gasteiger partial charge is 0.353 e. The highest BCUT2D eigenvalue weighted by atomic mass is 16.2. The Labute approximate surface area is 144 Å². The van der Waals surface area contributed by atoms with Crippen LogP contribution >= 0.6 is 0 Å². The van der Waals surface area contributed by atoms with Gasteiger partial charge in [-0.1, -0.05) is 42.5 Å². The number of hydrogen-bond acceptors (Lipinski definition) is 2. The van der Waals surface area contributed by atoms with Crippen molar-refractivity contribution in [3.8, 4) is 0 Å². The van der Waals surface area contributed by atoms with Crippen LogP contribution in [0.4, 0.5) is 0 Å². The molecule has 1 N–H and O–H groups in total. The highest BCUT2D eigenvalue weighted by molar-refractivity contribution is 5.83. The number of benzene rings is 2. The van der Waals surface area contributed by atoms with Crippen molar-refractivity contribution >= 4 is 16.7 Å². The van der Waals surface area contributed by atoms with Gasteiger partial charge in [-0.05, 0) is 61.5 Å². The normalized spacial score (nSPS) is 19.5. The molecule has 0 radical (unpaired) electrons. The Bertz CT molecular complexity index is 715. The van der Waals surface area contributed by atoms with Gasteiger partial charge in [0.2, 0.25) is 5.91 Å². The van der Waals surface area contributed by atoms with Crippen LogP contribution in [0.2, 0.25) is 0 Å². The lowest BCUT2D eigenvalue weighted by molar-refractivity contribution is -0.126. The lowest BCUT2D eigenvalue weighted by Crippen LogP contribution is -2.41. The second-order valence-corrected chi connectivity index (χ2v) is 7.33. The minimum Gasteiger partial charge on any atom is -0.353 e. The average Bonchev–Trinajstić information content (AvgIpc) is 3.44. The van der Waals surface area contributed by atoms with Crippen molar-refractivity contribution in [2.75, 3.05) is 19.6 Å². The molecule has 2 aliphatic rings. The predicted octanol–water partition coefficient (Wildman–Crippen LogP) is 3.37. The van der Waals surface area contributed by atoms with Crippen molar-refractivity contribution in [2.24, 2.45) is 5.92 Å². The molecule has 2 aromatic rings. The van der Waals surface area contributed by atoms with E-state index in [1.54, 1.807) is 0 Å². The summed E-state index contributed by atoms with van der Waals surface area (Å²) in [6.07, 6.45) is 5.46. The molecule has 24 heavy (non-hydrogen) atoms. The van der Waals surface area contributed by atoms with Gasteiger partial charge in [-0.25, -0.2) is 0 Å². The molecule has 4 rings (SSSR count). The van der Waals surface area contributed by atoms with E-state index in [0.717, 1.165) is 38.9 Å². The summed E-state index contributed by atoms with van der Waals surface area (Å²) < 4.78 is 0. The second-order valence-electron chi connectivity index (χ2n) is 7.33. The molecular formula is C21H26N2O. The standard InChI is InChI=1S/C21H26N2O/c24-21(22-20-7-8-20)18-10-13-23(14-11-18)12-9-16-5-6-17-3-1-2-4-19(17)15-16/h1-6,15,18,20H,7-14H2,(H,22,24). The molecule has 1 heterocycles. The minimum absolute atomic E-state index is 0.238. The highest BCUT2D eigenvalue weighted by Gasteiger charge is 2.29. The van der Waals surface area contributed by atoms with E-state index in [4.69, 9.17) is 0 Å². The summed E-state index contributed by atoms with van der Waals surface area (Å²) in [5, 5.41) is 5.79. The number of nitrogens with one attached hydrogen (secondary N) is 1. The number of likely N-dealkylation sites (tertiary alicyclic amines) is 1. The van der Waals surface area contributed by atoms with Crippen LogP contribution < -0.4 is 5.32 Å². The van der Waals surface area contributed by atoms with Gasteiger partial charge < -0.3 is 10.2 Å². The summed E-state index contributed by atoms with van der Waals surface area (Å²) >= 11 is 0. The van der Waals surface area contributed by atoms with Crippen LogP contribution in [0.3, 0.4) is 0 Å². The first-order valence-electron chi connectivity index (χ1n) is 9.28. The van der Waals surface area contributed by atoms with Gasteiger partial charge in [0.05, 0.1) is 0 Å². The maximum atomic E-state index is 12.1. The minimum atomic E-state index is 0.238. The summed E-state index contributed by atoms with van der Waals surface area (Å²) in [6, 6.07) is 15.8. The molecule has 0 bridgehead atoms. The summed E-state index contributed by atoms with van der Waals surface area (Å²) in [4.78, 5) is 14.6. The lowest BCUT2D eigenvalue weighted by Gasteiger charge is -2.31. The number of nitrogens with zero attached hydrogens (tertiary/aromatic N) is 1. The van der Waals surface area contributed by atoms with E-state index in [1.807, 2.05) is 0 Å². The van der Waals surface area contributed by atoms with Crippen LogP contribution in [0.5, 0.6) is 0 Å². The smallest absolute Gasteiger partial charge is 0.223 e. The zero-order valence-corrected chi connectivity index (χ0v) is 14.2. The molecule has 1 aliphatic carbocycles. The van der Waals surface area contributed by atoms with Crippen LogP contribution in [0.15, 0.2) is 42.5 Å². The van der Waals surface area contributed by atoms with Gasteiger partial charge in [0, 0.05) is 18.5 Å². The van der Waals surface area contributed by atoms with Crippen molar-refractivity contribution < 1.29 is 4.79 Å². The first kappa shape index (κ1) is 15.6. The maximum Gasteiger partial charge on any atom is 0.223 e. The Morgan fingerprint density at radius 3 is 2.50 bits per heavy atom. The first-order chi connectivity index (χ1) is 11.8. The van der Waals surface area contributed by atoms with E-state index < -0.39 is 0 Å². The van der Waals surface area contributed by atoms with Crippen molar-refractivity contribution in [3.63, 3.8) is 0 Å². The molecule has 2 fully saturated rings. The molecule has 2 aromatic carbocycles. The Balaban J connectivity index is 1.26. The van der Waals surface area contributed by atoms with Crippen LogP contribution in [-0.4, -0.2) is 36.5 Å².